The van der Waals surface area contributed by atoms with Gasteiger partial charge in [0.25, 0.3) is 0 Å². The van der Waals surface area contributed by atoms with Crippen molar-refractivity contribution in [3.05, 3.63) is 0 Å². The van der Waals surface area contributed by atoms with Crippen molar-refractivity contribution in [1.82, 2.24) is 4.90 Å². The number of piperidine rings is 1. The van der Waals surface area contributed by atoms with Gasteiger partial charge in [0.1, 0.15) is 0 Å². The van der Waals surface area contributed by atoms with Crippen molar-refractivity contribution in [2.24, 2.45) is 0 Å². The van der Waals surface area contributed by atoms with Crippen LogP contribution in [0.2, 0.25) is 0 Å². The van der Waals surface area contributed by atoms with Gasteiger partial charge in [0.2, 0.25) is 0 Å². The summed E-state index contributed by atoms with van der Waals surface area (Å²) >= 11 is 0. The van der Waals surface area contributed by atoms with E-state index in [0.29, 0.717) is 6.10 Å². The van der Waals surface area contributed by atoms with E-state index in [4.69, 9.17) is 4.74 Å². The molecule has 0 unspecified atom stereocenters. The van der Waals surface area contributed by atoms with Gasteiger partial charge in [0.05, 0.1) is 11.7 Å². The van der Waals surface area contributed by atoms with Gasteiger partial charge in [-0.25, -0.2) is 0 Å². The Balaban J connectivity index is 1.72. The van der Waals surface area contributed by atoms with Crippen LogP contribution in [0.5, 0.6) is 0 Å². The molecular weight excluding hydrogens is 174 g/mol. The average Bonchev–Trinajstić information content (AvgIpc) is 2.85. The fourth-order valence-corrected chi connectivity index (χ4v) is 2.30. The zero-order valence-corrected chi connectivity index (χ0v) is 9.75. The molecule has 0 N–H and O–H groups in total. The molecule has 0 radical (unpaired) electrons. The summed E-state index contributed by atoms with van der Waals surface area (Å²) in [6.07, 6.45) is 5.84. The largest absolute Gasteiger partial charge is 0.373 e. The number of rotatable bonds is 2. The molecule has 2 aliphatic rings. The van der Waals surface area contributed by atoms with Crippen molar-refractivity contribution < 1.29 is 4.74 Å². The molecule has 0 aromatic heterocycles. The van der Waals surface area contributed by atoms with E-state index in [1.165, 1.54) is 38.8 Å². The van der Waals surface area contributed by atoms with E-state index >= 15 is 0 Å². The Bertz CT molecular complexity index is 185. The molecule has 1 heterocycles. The summed E-state index contributed by atoms with van der Waals surface area (Å²) in [5.41, 5.74) is 0.0341. The Labute approximate surface area is 87.6 Å². The molecular formula is C12H23NO. The quantitative estimate of drug-likeness (QED) is 0.674. The summed E-state index contributed by atoms with van der Waals surface area (Å²) in [6.45, 7) is 8.97. The third-order valence-corrected chi connectivity index (χ3v) is 3.06. The highest BCUT2D eigenvalue weighted by atomic mass is 16.5. The number of hydrogen-bond donors (Lipinski definition) is 0. The summed E-state index contributed by atoms with van der Waals surface area (Å²) in [4.78, 5) is 2.64. The fourth-order valence-electron chi connectivity index (χ4n) is 2.30. The molecule has 0 aromatic rings. The fraction of sp³-hybridized carbons (Fsp3) is 1.00. The van der Waals surface area contributed by atoms with E-state index in [0.717, 1.165) is 6.04 Å². The Hall–Kier alpha value is -0.0800. The Morgan fingerprint density at radius 1 is 1.00 bits per heavy atom. The molecule has 0 spiro atoms. The molecule has 14 heavy (non-hydrogen) atoms. The molecule has 0 bridgehead atoms. The van der Waals surface area contributed by atoms with Crippen LogP contribution in [0.25, 0.3) is 0 Å². The first kappa shape index (κ1) is 10.4. The lowest BCUT2D eigenvalue weighted by Crippen LogP contribution is -2.40. The van der Waals surface area contributed by atoms with E-state index in [9.17, 15) is 0 Å². The van der Waals surface area contributed by atoms with Crippen LogP contribution in [0.1, 0.15) is 46.5 Å². The van der Waals surface area contributed by atoms with E-state index in [1.54, 1.807) is 0 Å². The smallest absolute Gasteiger partial charge is 0.0606 e. The Kier molecular flexibility index (Phi) is 2.85. The molecule has 2 heteroatoms. The predicted molar refractivity (Wildman–Crippen MR) is 58.5 cm³/mol. The second-order valence-corrected chi connectivity index (χ2v) is 5.70. The van der Waals surface area contributed by atoms with Crippen molar-refractivity contribution in [2.75, 3.05) is 13.1 Å². The van der Waals surface area contributed by atoms with Gasteiger partial charge in [-0.2, -0.15) is 0 Å². The second kappa shape index (κ2) is 3.82. The molecule has 0 atom stereocenters. The molecule has 1 aliphatic heterocycles. The third-order valence-electron chi connectivity index (χ3n) is 3.06. The topological polar surface area (TPSA) is 12.5 Å². The normalized spacial score (nSPS) is 26.8. The van der Waals surface area contributed by atoms with Crippen molar-refractivity contribution in [3.8, 4) is 0 Å². The van der Waals surface area contributed by atoms with Crippen molar-refractivity contribution in [1.29, 1.82) is 0 Å². The lowest BCUT2D eigenvalue weighted by molar-refractivity contribution is -0.0826. The Morgan fingerprint density at radius 3 is 2.00 bits per heavy atom. The molecule has 1 saturated carbocycles. The molecule has 82 valence electrons. The Morgan fingerprint density at radius 2 is 1.57 bits per heavy atom. The molecule has 2 nitrogen and oxygen atoms in total. The third kappa shape index (κ3) is 2.96. The minimum absolute atomic E-state index is 0.0341. The number of nitrogens with zero attached hydrogens (tertiary/aromatic N) is 1. The molecule has 1 aliphatic carbocycles. The first-order valence-corrected chi connectivity index (χ1v) is 5.96. The zero-order chi connectivity index (χ0) is 10.2. The maximum absolute atomic E-state index is 6.00. The van der Waals surface area contributed by atoms with Gasteiger partial charge in [-0.3, -0.25) is 0 Å². The summed E-state index contributed by atoms with van der Waals surface area (Å²) in [5, 5.41) is 0. The van der Waals surface area contributed by atoms with Crippen LogP contribution in [-0.2, 0) is 4.74 Å². The van der Waals surface area contributed by atoms with Crippen molar-refractivity contribution in [2.45, 2.75) is 64.2 Å². The van der Waals surface area contributed by atoms with Crippen molar-refractivity contribution in [3.63, 3.8) is 0 Å². The van der Waals surface area contributed by atoms with Gasteiger partial charge in [-0.05, 0) is 46.5 Å². The van der Waals surface area contributed by atoms with Crippen LogP contribution >= 0.6 is 0 Å². The molecule has 0 aromatic carbocycles. The standard InChI is InChI=1S/C12H23NO/c1-12(2,3)14-11-6-8-13(9-7-11)10-4-5-10/h10-11H,4-9H2,1-3H3. The molecule has 2 fully saturated rings. The lowest BCUT2D eigenvalue weighted by atomic mass is 10.1. The maximum Gasteiger partial charge on any atom is 0.0606 e. The second-order valence-electron chi connectivity index (χ2n) is 5.70. The SMILES string of the molecule is CC(C)(C)OC1CCN(C2CC2)CC1. The number of ether oxygens (including phenoxy) is 1. The summed E-state index contributed by atoms with van der Waals surface area (Å²) in [5.74, 6) is 0. The van der Waals surface area contributed by atoms with Gasteiger partial charge in [-0.1, -0.05) is 0 Å². The van der Waals surface area contributed by atoms with Crippen LogP contribution < -0.4 is 0 Å². The average molecular weight is 197 g/mol. The maximum atomic E-state index is 6.00. The van der Waals surface area contributed by atoms with Crippen LogP contribution in [-0.4, -0.2) is 35.7 Å². The van der Waals surface area contributed by atoms with Gasteiger partial charge >= 0.3 is 0 Å². The zero-order valence-electron chi connectivity index (χ0n) is 9.75. The highest BCUT2D eigenvalue weighted by Gasteiger charge is 2.32. The van der Waals surface area contributed by atoms with Crippen LogP contribution in [0, 0.1) is 0 Å². The summed E-state index contributed by atoms with van der Waals surface area (Å²) < 4.78 is 6.00. The minimum atomic E-state index is 0.0341. The van der Waals surface area contributed by atoms with E-state index in [1.807, 2.05) is 0 Å². The van der Waals surface area contributed by atoms with Gasteiger partial charge in [0.15, 0.2) is 0 Å². The molecule has 0 amide bonds. The first-order valence-electron chi connectivity index (χ1n) is 5.96. The lowest BCUT2D eigenvalue weighted by Gasteiger charge is -2.35. The predicted octanol–water partition coefficient (Wildman–Crippen LogP) is 2.43. The van der Waals surface area contributed by atoms with Crippen LogP contribution in [0.3, 0.4) is 0 Å². The molecule has 2 rings (SSSR count). The summed E-state index contributed by atoms with van der Waals surface area (Å²) in [6, 6.07) is 0.936. The van der Waals surface area contributed by atoms with Crippen LogP contribution in [0.4, 0.5) is 0 Å². The summed E-state index contributed by atoms with van der Waals surface area (Å²) in [7, 11) is 0. The van der Waals surface area contributed by atoms with Gasteiger partial charge < -0.3 is 9.64 Å². The highest BCUT2D eigenvalue weighted by molar-refractivity contribution is 4.87. The van der Waals surface area contributed by atoms with E-state index < -0.39 is 0 Å². The van der Waals surface area contributed by atoms with Crippen molar-refractivity contribution >= 4 is 0 Å². The van der Waals surface area contributed by atoms with Gasteiger partial charge in [-0.15, -0.1) is 0 Å². The molecule has 1 saturated heterocycles. The van der Waals surface area contributed by atoms with E-state index in [-0.39, 0.29) is 5.60 Å². The first-order chi connectivity index (χ1) is 6.54. The monoisotopic (exact) mass is 197 g/mol. The number of likely N-dealkylation sites (tertiary alicyclic amines) is 1. The van der Waals surface area contributed by atoms with Crippen LogP contribution in [0.15, 0.2) is 0 Å². The highest BCUT2D eigenvalue weighted by Crippen LogP contribution is 2.30. The van der Waals surface area contributed by atoms with Gasteiger partial charge in [0, 0.05) is 19.1 Å². The minimum Gasteiger partial charge on any atom is -0.373 e. The van der Waals surface area contributed by atoms with E-state index in [2.05, 4.69) is 25.7 Å². The number of hydrogen-bond acceptors (Lipinski definition) is 2.